The third-order valence-corrected chi connectivity index (χ3v) is 11.3. The van der Waals surface area contributed by atoms with Crippen molar-refractivity contribution in [1.82, 2.24) is 0 Å². The van der Waals surface area contributed by atoms with Crippen molar-refractivity contribution in [1.29, 1.82) is 0 Å². The maximum Gasteiger partial charge on any atom is 0.338 e. The van der Waals surface area contributed by atoms with E-state index < -0.39 is 11.9 Å². The lowest BCUT2D eigenvalue weighted by Gasteiger charge is -2.32. The molecule has 0 atom stereocenters. The van der Waals surface area contributed by atoms with E-state index in [1.165, 1.54) is 32.5 Å². The van der Waals surface area contributed by atoms with Gasteiger partial charge in [0, 0.05) is 32.7 Å². The molecule has 0 saturated heterocycles. The van der Waals surface area contributed by atoms with Crippen LogP contribution in [0.25, 0.3) is 24.3 Å². The molecule has 0 N–H and O–H groups in total. The number of carbonyl (C=O) groups excluding carboxylic acids is 2. The minimum absolute atomic E-state index is 0.231. The van der Waals surface area contributed by atoms with Crippen LogP contribution in [0.5, 0.6) is 0 Å². The summed E-state index contributed by atoms with van der Waals surface area (Å²) in [6.07, 6.45) is 7.70. The molecule has 0 unspecified atom stereocenters. The highest BCUT2D eigenvalue weighted by atomic mass is 32.2. The molecule has 7 rings (SSSR count). The van der Waals surface area contributed by atoms with Crippen LogP contribution in [0, 0.1) is 0 Å². The number of fused-ring (bicyclic) bond motifs is 4. The van der Waals surface area contributed by atoms with Crippen LogP contribution in [0.4, 0.5) is 22.7 Å². The fourth-order valence-corrected chi connectivity index (χ4v) is 8.93. The van der Waals surface area contributed by atoms with Gasteiger partial charge in [0.2, 0.25) is 0 Å². The van der Waals surface area contributed by atoms with Crippen LogP contribution < -0.4 is 9.80 Å². The number of hydrogen-bond acceptors (Lipinski definition) is 8. The first-order valence-electron chi connectivity index (χ1n) is 17.7. The topological polar surface area (TPSA) is 59.1 Å². The highest BCUT2D eigenvalue weighted by Crippen LogP contribution is 2.49. The van der Waals surface area contributed by atoms with Gasteiger partial charge in [-0.05, 0) is 111 Å². The Balaban J connectivity index is 1.24. The smallest absolute Gasteiger partial charge is 0.338 e. The van der Waals surface area contributed by atoms with E-state index in [4.69, 9.17) is 9.47 Å². The van der Waals surface area contributed by atoms with Gasteiger partial charge in [-0.1, -0.05) is 84.2 Å². The van der Waals surface area contributed by atoms with Crippen molar-refractivity contribution < 1.29 is 19.1 Å². The van der Waals surface area contributed by atoms with E-state index in [9.17, 15) is 9.59 Å². The second-order valence-corrected chi connectivity index (χ2v) is 14.4. The van der Waals surface area contributed by atoms with E-state index in [0.717, 1.165) is 34.0 Å². The lowest BCUT2D eigenvalue weighted by atomic mass is 9.96. The Morgan fingerprint density at radius 2 is 0.923 bits per heavy atom. The second-order valence-electron chi connectivity index (χ2n) is 12.2. The molecule has 52 heavy (non-hydrogen) atoms. The minimum Gasteiger partial charge on any atom is -0.462 e. The van der Waals surface area contributed by atoms with Gasteiger partial charge in [0.25, 0.3) is 0 Å². The molecule has 0 amide bonds. The summed E-state index contributed by atoms with van der Waals surface area (Å²) in [5.41, 5.74) is 8.62. The van der Waals surface area contributed by atoms with Crippen LogP contribution in [0.3, 0.4) is 0 Å². The lowest BCUT2D eigenvalue weighted by molar-refractivity contribution is 0.0511. The van der Waals surface area contributed by atoms with Gasteiger partial charge in [-0.15, -0.1) is 0 Å². The highest BCUT2D eigenvalue weighted by Gasteiger charge is 2.24. The number of benzene rings is 5. The Hall–Kier alpha value is -5.18. The van der Waals surface area contributed by atoms with Gasteiger partial charge in [0.1, 0.15) is 0 Å². The van der Waals surface area contributed by atoms with Gasteiger partial charge >= 0.3 is 11.9 Å². The molecule has 0 fully saturated rings. The molecule has 0 radical (unpaired) electrons. The van der Waals surface area contributed by atoms with Crippen molar-refractivity contribution in [2.45, 2.75) is 47.3 Å². The third-order valence-electron chi connectivity index (χ3n) is 9.06. The number of hydrogen-bond donors (Lipinski definition) is 0. The summed E-state index contributed by atoms with van der Waals surface area (Å²) in [7, 11) is 0. The molecule has 0 saturated carbocycles. The largest absolute Gasteiger partial charge is 0.462 e. The van der Waals surface area contributed by atoms with E-state index in [0.29, 0.717) is 22.3 Å². The average Bonchev–Trinajstić information content (AvgIpc) is 3.17. The molecule has 2 aliphatic rings. The summed E-state index contributed by atoms with van der Waals surface area (Å²) in [4.78, 5) is 36.2. The number of para-hydroxylation sites is 2. The van der Waals surface area contributed by atoms with Crippen LogP contribution in [-0.4, -0.2) is 38.2 Å². The van der Waals surface area contributed by atoms with Gasteiger partial charge in [0.15, 0.2) is 0 Å². The molecule has 2 heterocycles. The van der Waals surface area contributed by atoms with E-state index in [1.54, 1.807) is 49.5 Å². The molecular weight excluding hydrogens is 685 g/mol. The number of carbonyl (C=O) groups is 2. The first-order valence-corrected chi connectivity index (χ1v) is 19.3. The second kappa shape index (κ2) is 15.6. The molecule has 6 nitrogen and oxygen atoms in total. The number of ether oxygens (including phenoxy) is 2. The Labute approximate surface area is 314 Å². The maximum absolute atomic E-state index is 13.4. The van der Waals surface area contributed by atoms with Crippen LogP contribution >= 0.6 is 23.5 Å². The van der Waals surface area contributed by atoms with E-state index >= 15 is 0 Å². The quantitative estimate of drug-likeness (QED) is 0.104. The fourth-order valence-electron chi connectivity index (χ4n) is 6.64. The Bertz CT molecular complexity index is 2070. The number of nitrogens with zero attached hydrogens (tertiary/aromatic N) is 2. The molecule has 0 bridgehead atoms. The predicted octanol–water partition coefficient (Wildman–Crippen LogP) is 11.6. The molecule has 0 aromatic heterocycles. The minimum atomic E-state index is -0.452. The molecule has 262 valence electrons. The van der Waals surface area contributed by atoms with Crippen molar-refractivity contribution in [2.24, 2.45) is 0 Å². The van der Waals surface area contributed by atoms with Crippen molar-refractivity contribution in [3.05, 3.63) is 130 Å². The Kier molecular flexibility index (Phi) is 10.6. The lowest BCUT2D eigenvalue weighted by Crippen LogP contribution is -2.19. The molecule has 0 aliphatic carbocycles. The number of rotatable bonds is 10. The van der Waals surface area contributed by atoms with E-state index in [2.05, 4.69) is 109 Å². The van der Waals surface area contributed by atoms with Crippen LogP contribution in [0.2, 0.25) is 0 Å². The first kappa shape index (κ1) is 35.2. The average molecular weight is 725 g/mol. The van der Waals surface area contributed by atoms with Crippen molar-refractivity contribution >= 4 is 82.5 Å². The van der Waals surface area contributed by atoms with E-state index in [1.807, 2.05) is 24.3 Å². The van der Waals surface area contributed by atoms with Gasteiger partial charge in [0.05, 0.1) is 47.1 Å². The SMILES string of the molecule is CCOC(=O)c1cc(/C=C/c2ccc3c(c2)Sc2ccccc2N3CC)c(C(=O)OCC)cc1/C=C/c1ccc2c(c1)Sc1ccccc1N2CC. The Morgan fingerprint density at radius 3 is 1.33 bits per heavy atom. The fraction of sp³-hybridized carbons (Fsp3) is 0.182. The third kappa shape index (κ3) is 7.01. The summed E-state index contributed by atoms with van der Waals surface area (Å²) in [6, 6.07) is 33.1. The molecule has 2 aliphatic heterocycles. The summed E-state index contributed by atoms with van der Waals surface area (Å²) in [5, 5.41) is 0. The number of esters is 2. The van der Waals surface area contributed by atoms with Crippen LogP contribution in [0.15, 0.2) is 117 Å². The Morgan fingerprint density at radius 1 is 0.519 bits per heavy atom. The summed E-state index contributed by atoms with van der Waals surface area (Å²) >= 11 is 3.51. The first-order chi connectivity index (χ1) is 25.4. The van der Waals surface area contributed by atoms with Crippen LogP contribution in [-0.2, 0) is 9.47 Å². The zero-order chi connectivity index (χ0) is 36.2. The summed E-state index contributed by atoms with van der Waals surface area (Å²) in [5.74, 6) is -0.904. The van der Waals surface area contributed by atoms with Gasteiger partial charge < -0.3 is 19.3 Å². The molecular formula is C44H40N2O4S2. The van der Waals surface area contributed by atoms with Crippen molar-refractivity contribution in [3.63, 3.8) is 0 Å². The summed E-state index contributed by atoms with van der Waals surface area (Å²) in [6.45, 7) is 10.1. The van der Waals surface area contributed by atoms with E-state index in [-0.39, 0.29) is 13.2 Å². The van der Waals surface area contributed by atoms with Crippen molar-refractivity contribution in [2.75, 3.05) is 36.1 Å². The van der Waals surface area contributed by atoms with Gasteiger partial charge in [-0.25, -0.2) is 9.59 Å². The van der Waals surface area contributed by atoms with Crippen molar-refractivity contribution in [3.8, 4) is 0 Å². The molecule has 5 aromatic carbocycles. The molecule has 0 spiro atoms. The highest BCUT2D eigenvalue weighted by molar-refractivity contribution is 8.00. The predicted molar refractivity (Wildman–Crippen MR) is 216 cm³/mol. The number of anilines is 4. The zero-order valence-electron chi connectivity index (χ0n) is 29.7. The van der Waals surface area contributed by atoms with Gasteiger partial charge in [-0.3, -0.25) is 0 Å². The summed E-state index contributed by atoms with van der Waals surface area (Å²) < 4.78 is 11.0. The van der Waals surface area contributed by atoms with Gasteiger partial charge in [-0.2, -0.15) is 0 Å². The zero-order valence-corrected chi connectivity index (χ0v) is 31.4. The monoisotopic (exact) mass is 724 g/mol. The maximum atomic E-state index is 13.4. The normalized spacial score (nSPS) is 13.1. The molecule has 8 heteroatoms. The molecule has 5 aromatic rings. The van der Waals surface area contributed by atoms with Crippen LogP contribution in [0.1, 0.15) is 70.7 Å². The standard InChI is InChI=1S/C44H40N2O4S2/c1-5-45-35-13-9-11-15-39(35)51-41-25-29(19-23-37(41)45)17-21-31-27-34(44(48)50-8-4)32(28-33(31)43(47)49-7-3)22-18-30-20-24-38-42(26-30)52-40-16-12-10-14-36(40)46(38)6-2/h9-28H,5-8H2,1-4H3/b21-17+,22-18+.